The van der Waals surface area contributed by atoms with Crippen LogP contribution in [0.25, 0.3) is 0 Å². The van der Waals surface area contributed by atoms with Crippen LogP contribution in [0.2, 0.25) is 0 Å². The highest BCUT2D eigenvalue weighted by Crippen LogP contribution is 1.99. The van der Waals surface area contributed by atoms with Gasteiger partial charge < -0.3 is 10.8 Å². The van der Waals surface area contributed by atoms with Gasteiger partial charge in [0.25, 0.3) is 0 Å². The average Bonchev–Trinajstić information content (AvgIpc) is 2.18. The van der Waals surface area contributed by atoms with Crippen LogP contribution in [0.3, 0.4) is 0 Å². The molecule has 1 amide bonds. The van der Waals surface area contributed by atoms with Gasteiger partial charge in [-0.3, -0.25) is 10.1 Å². The zero-order valence-electron chi connectivity index (χ0n) is 7.10. The number of hydrogen-bond acceptors (Lipinski definition) is 5. The highest BCUT2D eigenvalue weighted by Gasteiger charge is 2.07. The Morgan fingerprint density at radius 1 is 1.57 bits per heavy atom. The van der Waals surface area contributed by atoms with E-state index >= 15 is 0 Å². The molecule has 7 heteroatoms. The zero-order valence-corrected chi connectivity index (χ0v) is 7.10. The lowest BCUT2D eigenvalue weighted by Gasteiger charge is -2.01. The predicted molar refractivity (Wildman–Crippen MR) is 46.7 cm³/mol. The number of rotatable bonds is 3. The van der Waals surface area contributed by atoms with Crippen molar-refractivity contribution in [3.8, 4) is 0 Å². The molecule has 0 unspecified atom stereocenters. The zero-order chi connectivity index (χ0) is 10.6. The number of nitrogens with zero attached hydrogens (tertiary/aromatic N) is 2. The number of carbonyl (C=O) groups excluding carboxylic acids is 1. The normalized spacial score (nSPS) is 9.50. The standard InChI is InChI=1S/C7H8N4O3/c8-3-5(12)11-7-9-2-1-4(10-7)6(13)14/h1-2H,3,8H2,(H,13,14)(H,9,10,11,12). The maximum Gasteiger partial charge on any atom is 0.354 e. The molecule has 0 radical (unpaired) electrons. The minimum absolute atomic E-state index is 0.0691. The number of amides is 1. The monoisotopic (exact) mass is 196 g/mol. The van der Waals surface area contributed by atoms with Crippen LogP contribution in [-0.4, -0.2) is 33.5 Å². The van der Waals surface area contributed by atoms with E-state index < -0.39 is 11.9 Å². The number of nitrogens with two attached hydrogens (primary N) is 1. The fraction of sp³-hybridized carbons (Fsp3) is 0.143. The Bertz CT molecular complexity index is 366. The minimum Gasteiger partial charge on any atom is -0.477 e. The second-order valence-electron chi connectivity index (χ2n) is 2.32. The largest absolute Gasteiger partial charge is 0.477 e. The quantitative estimate of drug-likeness (QED) is 0.574. The Labute approximate surface area is 79.0 Å². The SMILES string of the molecule is NCC(=O)Nc1nccc(C(=O)O)n1. The molecule has 0 spiro atoms. The van der Waals surface area contributed by atoms with Gasteiger partial charge in [0.15, 0.2) is 5.69 Å². The third-order valence-corrected chi connectivity index (χ3v) is 1.31. The van der Waals surface area contributed by atoms with Crippen molar-refractivity contribution in [1.82, 2.24) is 9.97 Å². The number of carboxylic acids is 1. The molecule has 0 bridgehead atoms. The summed E-state index contributed by atoms with van der Waals surface area (Å²) >= 11 is 0. The number of hydrogen-bond donors (Lipinski definition) is 3. The molecule has 0 saturated heterocycles. The first-order valence-corrected chi connectivity index (χ1v) is 3.69. The number of aromatic nitrogens is 2. The van der Waals surface area contributed by atoms with Crippen LogP contribution in [0.15, 0.2) is 12.3 Å². The Morgan fingerprint density at radius 3 is 2.86 bits per heavy atom. The number of nitrogens with one attached hydrogen (secondary N) is 1. The summed E-state index contributed by atoms with van der Waals surface area (Å²) < 4.78 is 0. The van der Waals surface area contributed by atoms with Crippen molar-refractivity contribution in [2.24, 2.45) is 5.73 Å². The van der Waals surface area contributed by atoms with E-state index in [2.05, 4.69) is 15.3 Å². The molecule has 1 heterocycles. The van der Waals surface area contributed by atoms with Crippen LogP contribution in [0.5, 0.6) is 0 Å². The van der Waals surface area contributed by atoms with Crippen molar-refractivity contribution in [3.63, 3.8) is 0 Å². The fourth-order valence-corrected chi connectivity index (χ4v) is 0.714. The van der Waals surface area contributed by atoms with Crippen molar-refractivity contribution < 1.29 is 14.7 Å². The third kappa shape index (κ3) is 2.49. The average molecular weight is 196 g/mol. The van der Waals surface area contributed by atoms with Crippen LogP contribution in [0.1, 0.15) is 10.5 Å². The molecule has 4 N–H and O–H groups in total. The fourth-order valence-electron chi connectivity index (χ4n) is 0.714. The first-order chi connectivity index (χ1) is 6.63. The Hall–Kier alpha value is -2.02. The molecule has 74 valence electrons. The van der Waals surface area contributed by atoms with Crippen molar-refractivity contribution in [2.75, 3.05) is 11.9 Å². The minimum atomic E-state index is -1.18. The number of carboxylic acid groups (broad SMARTS) is 1. The van der Waals surface area contributed by atoms with Gasteiger partial charge in [-0.25, -0.2) is 14.8 Å². The highest BCUT2D eigenvalue weighted by molar-refractivity contribution is 5.91. The summed E-state index contributed by atoms with van der Waals surface area (Å²) in [5, 5.41) is 10.8. The Kier molecular flexibility index (Phi) is 3.08. The van der Waals surface area contributed by atoms with Crippen LogP contribution in [0.4, 0.5) is 5.95 Å². The Morgan fingerprint density at radius 2 is 2.29 bits per heavy atom. The molecule has 0 atom stereocenters. The van der Waals surface area contributed by atoms with Gasteiger partial charge >= 0.3 is 5.97 Å². The summed E-state index contributed by atoms with van der Waals surface area (Å²) in [6.45, 7) is -0.208. The van der Waals surface area contributed by atoms with Crippen LogP contribution in [0, 0.1) is 0 Å². The predicted octanol–water partition coefficient (Wildman–Crippen LogP) is -0.928. The van der Waals surface area contributed by atoms with E-state index in [0.717, 1.165) is 0 Å². The van der Waals surface area contributed by atoms with Crippen molar-refractivity contribution >= 4 is 17.8 Å². The lowest BCUT2D eigenvalue weighted by molar-refractivity contribution is -0.115. The maximum atomic E-state index is 10.8. The van der Waals surface area contributed by atoms with Gasteiger partial charge in [0.05, 0.1) is 6.54 Å². The summed E-state index contributed by atoms with van der Waals surface area (Å²) in [6.07, 6.45) is 1.24. The molecule has 14 heavy (non-hydrogen) atoms. The number of aromatic carboxylic acids is 1. The second-order valence-corrected chi connectivity index (χ2v) is 2.32. The van der Waals surface area contributed by atoms with Gasteiger partial charge in [-0.1, -0.05) is 0 Å². The third-order valence-electron chi connectivity index (χ3n) is 1.31. The molecule has 0 aliphatic rings. The van der Waals surface area contributed by atoms with Crippen LogP contribution >= 0.6 is 0 Å². The van der Waals surface area contributed by atoms with Crippen LogP contribution < -0.4 is 11.1 Å². The summed E-state index contributed by atoms with van der Waals surface area (Å²) in [5.41, 5.74) is 4.85. The van der Waals surface area contributed by atoms with E-state index in [9.17, 15) is 9.59 Å². The van der Waals surface area contributed by atoms with Crippen molar-refractivity contribution in [3.05, 3.63) is 18.0 Å². The van der Waals surface area contributed by atoms with Gasteiger partial charge in [0, 0.05) is 6.20 Å². The Balaban J connectivity index is 2.83. The molecule has 0 fully saturated rings. The number of carbonyl (C=O) groups is 2. The molecule has 1 rings (SSSR count). The van der Waals surface area contributed by atoms with E-state index in [-0.39, 0.29) is 18.2 Å². The van der Waals surface area contributed by atoms with Gasteiger partial charge in [0.1, 0.15) is 0 Å². The van der Waals surface area contributed by atoms with Crippen molar-refractivity contribution in [2.45, 2.75) is 0 Å². The molecular formula is C7H8N4O3. The first kappa shape index (κ1) is 10.1. The van der Waals surface area contributed by atoms with Gasteiger partial charge in [-0.05, 0) is 6.07 Å². The van der Waals surface area contributed by atoms with Crippen molar-refractivity contribution in [1.29, 1.82) is 0 Å². The molecule has 0 aromatic carbocycles. The lowest BCUT2D eigenvalue weighted by Crippen LogP contribution is -2.23. The topological polar surface area (TPSA) is 118 Å². The molecular weight excluding hydrogens is 188 g/mol. The first-order valence-electron chi connectivity index (χ1n) is 3.69. The van der Waals surface area contributed by atoms with Gasteiger partial charge in [-0.2, -0.15) is 0 Å². The van der Waals surface area contributed by atoms with E-state index in [1.165, 1.54) is 12.3 Å². The van der Waals surface area contributed by atoms with E-state index in [1.807, 2.05) is 0 Å². The number of anilines is 1. The van der Waals surface area contributed by atoms with Crippen LogP contribution in [-0.2, 0) is 4.79 Å². The van der Waals surface area contributed by atoms with E-state index in [4.69, 9.17) is 10.8 Å². The second kappa shape index (κ2) is 4.28. The molecule has 0 saturated carbocycles. The lowest BCUT2D eigenvalue weighted by atomic mass is 10.4. The van der Waals surface area contributed by atoms with E-state index in [1.54, 1.807) is 0 Å². The van der Waals surface area contributed by atoms with E-state index in [0.29, 0.717) is 0 Å². The molecule has 0 aliphatic heterocycles. The summed E-state index contributed by atoms with van der Waals surface area (Å²) in [4.78, 5) is 28.5. The maximum absolute atomic E-state index is 10.8. The molecule has 0 aliphatic carbocycles. The van der Waals surface area contributed by atoms with Gasteiger partial charge in [0.2, 0.25) is 11.9 Å². The molecule has 7 nitrogen and oxygen atoms in total. The molecule has 1 aromatic rings. The van der Waals surface area contributed by atoms with Gasteiger partial charge in [-0.15, -0.1) is 0 Å². The molecule has 1 aromatic heterocycles. The summed E-state index contributed by atoms with van der Waals surface area (Å²) in [5.74, 6) is -1.73. The highest BCUT2D eigenvalue weighted by atomic mass is 16.4. The summed E-state index contributed by atoms with van der Waals surface area (Å²) in [6, 6.07) is 1.22. The summed E-state index contributed by atoms with van der Waals surface area (Å²) in [7, 11) is 0. The smallest absolute Gasteiger partial charge is 0.354 e.